The van der Waals surface area contributed by atoms with Gasteiger partial charge in [-0.25, -0.2) is 0 Å². The van der Waals surface area contributed by atoms with Gasteiger partial charge in [0.2, 0.25) is 5.91 Å². The average Bonchev–Trinajstić information content (AvgIpc) is 2.49. The second-order valence-corrected chi connectivity index (χ2v) is 5.35. The van der Waals surface area contributed by atoms with Gasteiger partial charge in [0, 0.05) is 25.0 Å². The summed E-state index contributed by atoms with van der Waals surface area (Å²) in [5.41, 5.74) is 7.56. The van der Waals surface area contributed by atoms with Crippen molar-refractivity contribution in [3.63, 3.8) is 0 Å². The normalized spacial score (nSPS) is 18.0. The highest BCUT2D eigenvalue weighted by Crippen LogP contribution is 2.24. The lowest BCUT2D eigenvalue weighted by Crippen LogP contribution is -2.38. The van der Waals surface area contributed by atoms with Crippen LogP contribution in [0, 0.1) is 5.92 Å². The van der Waals surface area contributed by atoms with Crippen LogP contribution in [-0.4, -0.2) is 31.0 Å². The fourth-order valence-electron chi connectivity index (χ4n) is 2.77. The van der Waals surface area contributed by atoms with Gasteiger partial charge in [0.15, 0.2) is 0 Å². The van der Waals surface area contributed by atoms with Gasteiger partial charge < -0.3 is 16.0 Å². The number of pyridine rings is 1. The van der Waals surface area contributed by atoms with Crippen LogP contribution >= 0.6 is 0 Å². The first-order chi connectivity index (χ1) is 9.65. The van der Waals surface area contributed by atoms with E-state index in [4.69, 9.17) is 5.73 Å². The molecule has 0 saturated carbocycles. The first-order valence-corrected chi connectivity index (χ1v) is 7.33. The molecule has 20 heavy (non-hydrogen) atoms. The zero-order chi connectivity index (χ0) is 14.5. The lowest BCUT2D eigenvalue weighted by molar-refractivity contribution is -0.122. The Labute approximate surface area is 120 Å². The molecule has 1 aliphatic rings. The van der Waals surface area contributed by atoms with Gasteiger partial charge in [0.25, 0.3) is 0 Å². The van der Waals surface area contributed by atoms with Crippen molar-refractivity contribution in [3.8, 4) is 0 Å². The van der Waals surface area contributed by atoms with Gasteiger partial charge in [-0.3, -0.25) is 9.78 Å². The number of carbonyl (C=O) groups excluding carboxylic acids is 1. The van der Waals surface area contributed by atoms with E-state index in [0.717, 1.165) is 43.7 Å². The third-order valence-electron chi connectivity index (χ3n) is 4.15. The molecule has 2 rings (SSSR count). The molecule has 5 heteroatoms. The number of amides is 1. The van der Waals surface area contributed by atoms with E-state index in [1.165, 1.54) is 0 Å². The Morgan fingerprint density at radius 1 is 1.50 bits per heavy atom. The Bertz CT molecular complexity index is 434. The first-order valence-electron chi connectivity index (χ1n) is 7.33. The zero-order valence-electron chi connectivity index (χ0n) is 12.3. The number of nitrogens with two attached hydrogens (primary N) is 1. The summed E-state index contributed by atoms with van der Waals surface area (Å²) >= 11 is 0. The third kappa shape index (κ3) is 3.28. The van der Waals surface area contributed by atoms with Gasteiger partial charge >= 0.3 is 0 Å². The summed E-state index contributed by atoms with van der Waals surface area (Å²) in [7, 11) is 1.96. The molecule has 5 nitrogen and oxygen atoms in total. The van der Waals surface area contributed by atoms with Crippen molar-refractivity contribution in [2.24, 2.45) is 11.7 Å². The molecule has 0 radical (unpaired) electrons. The summed E-state index contributed by atoms with van der Waals surface area (Å²) in [6.45, 7) is 3.89. The minimum absolute atomic E-state index is 0.0345. The molecule has 1 fully saturated rings. The van der Waals surface area contributed by atoms with Crippen LogP contribution in [0.3, 0.4) is 0 Å². The first kappa shape index (κ1) is 14.8. The maximum atomic E-state index is 11.2. The van der Waals surface area contributed by atoms with Crippen molar-refractivity contribution in [3.05, 3.63) is 24.0 Å². The Balaban J connectivity index is 1.99. The Morgan fingerprint density at radius 2 is 2.20 bits per heavy atom. The standard InChI is InChI=1S/C15H24N4O/c1-3-13(17-2)14-5-4-12(10-18-14)19-8-6-11(7-9-19)15(16)20/h4-5,10-11,13,17H,3,6-9H2,1-2H3,(H2,16,20). The summed E-state index contributed by atoms with van der Waals surface area (Å²) in [6.07, 6.45) is 4.63. The molecule has 1 aliphatic heterocycles. The lowest BCUT2D eigenvalue weighted by atomic mass is 9.96. The minimum atomic E-state index is -0.169. The van der Waals surface area contributed by atoms with Gasteiger partial charge in [-0.1, -0.05) is 6.92 Å². The average molecular weight is 276 g/mol. The molecule has 0 bridgehead atoms. The van der Waals surface area contributed by atoms with Gasteiger partial charge in [-0.2, -0.15) is 0 Å². The van der Waals surface area contributed by atoms with Crippen molar-refractivity contribution >= 4 is 11.6 Å². The number of hydrogen-bond donors (Lipinski definition) is 2. The number of anilines is 1. The predicted molar refractivity (Wildman–Crippen MR) is 80.5 cm³/mol. The monoisotopic (exact) mass is 276 g/mol. The molecule has 1 atom stereocenters. The number of nitrogens with zero attached hydrogens (tertiary/aromatic N) is 2. The van der Waals surface area contributed by atoms with E-state index in [-0.39, 0.29) is 11.8 Å². The third-order valence-corrected chi connectivity index (χ3v) is 4.15. The van der Waals surface area contributed by atoms with Crippen LogP contribution in [-0.2, 0) is 4.79 Å². The van der Waals surface area contributed by atoms with Gasteiger partial charge in [0.05, 0.1) is 17.6 Å². The van der Waals surface area contributed by atoms with Crippen molar-refractivity contribution in [1.29, 1.82) is 0 Å². The SMILES string of the molecule is CCC(NC)c1ccc(N2CCC(C(N)=O)CC2)cn1. The molecule has 2 heterocycles. The van der Waals surface area contributed by atoms with E-state index in [9.17, 15) is 4.79 Å². The summed E-state index contributed by atoms with van der Waals surface area (Å²) < 4.78 is 0. The molecular weight excluding hydrogens is 252 g/mol. The molecule has 1 amide bonds. The fraction of sp³-hybridized carbons (Fsp3) is 0.600. The summed E-state index contributed by atoms with van der Waals surface area (Å²) in [5.74, 6) is -0.134. The van der Waals surface area contributed by atoms with Gasteiger partial charge in [0.1, 0.15) is 0 Å². The van der Waals surface area contributed by atoms with E-state index >= 15 is 0 Å². The zero-order valence-corrected chi connectivity index (χ0v) is 12.3. The van der Waals surface area contributed by atoms with Crippen LogP contribution in [0.4, 0.5) is 5.69 Å². The number of hydrogen-bond acceptors (Lipinski definition) is 4. The predicted octanol–water partition coefficient (Wildman–Crippen LogP) is 1.45. The number of aromatic nitrogens is 1. The summed E-state index contributed by atoms with van der Waals surface area (Å²) in [5, 5.41) is 3.26. The smallest absolute Gasteiger partial charge is 0.220 e. The van der Waals surface area contributed by atoms with Crippen molar-refractivity contribution in [1.82, 2.24) is 10.3 Å². The number of nitrogens with one attached hydrogen (secondary N) is 1. The van der Waals surface area contributed by atoms with Crippen molar-refractivity contribution < 1.29 is 4.79 Å². The molecule has 0 aliphatic carbocycles. The van der Waals surface area contributed by atoms with E-state index in [1.807, 2.05) is 13.2 Å². The molecule has 3 N–H and O–H groups in total. The van der Waals surface area contributed by atoms with Crippen molar-refractivity contribution in [2.45, 2.75) is 32.2 Å². The van der Waals surface area contributed by atoms with Crippen LogP contribution in [0.15, 0.2) is 18.3 Å². The second-order valence-electron chi connectivity index (χ2n) is 5.35. The highest BCUT2D eigenvalue weighted by molar-refractivity contribution is 5.77. The van der Waals surface area contributed by atoms with Gasteiger partial charge in [-0.15, -0.1) is 0 Å². The van der Waals surface area contributed by atoms with E-state index in [2.05, 4.69) is 34.3 Å². The van der Waals surface area contributed by atoms with Crippen LogP contribution in [0.1, 0.15) is 37.9 Å². The molecule has 0 aromatic carbocycles. The lowest BCUT2D eigenvalue weighted by Gasteiger charge is -2.32. The van der Waals surface area contributed by atoms with Crippen LogP contribution in [0.5, 0.6) is 0 Å². The largest absolute Gasteiger partial charge is 0.370 e. The van der Waals surface area contributed by atoms with Crippen molar-refractivity contribution in [2.75, 3.05) is 25.0 Å². The minimum Gasteiger partial charge on any atom is -0.370 e. The van der Waals surface area contributed by atoms with Gasteiger partial charge in [-0.05, 0) is 38.4 Å². The molecule has 1 aromatic rings. The van der Waals surface area contributed by atoms with E-state index in [1.54, 1.807) is 0 Å². The van der Waals surface area contributed by atoms with E-state index < -0.39 is 0 Å². The highest BCUT2D eigenvalue weighted by Gasteiger charge is 2.23. The molecule has 110 valence electrons. The maximum absolute atomic E-state index is 11.2. The molecule has 0 spiro atoms. The van der Waals surface area contributed by atoms with E-state index in [0.29, 0.717) is 6.04 Å². The van der Waals surface area contributed by atoms with Crippen LogP contribution < -0.4 is 16.0 Å². The Hall–Kier alpha value is -1.62. The summed E-state index contributed by atoms with van der Waals surface area (Å²) in [4.78, 5) is 18.0. The molecular formula is C15H24N4O. The molecule has 1 unspecified atom stereocenters. The fourth-order valence-corrected chi connectivity index (χ4v) is 2.77. The summed E-state index contributed by atoms with van der Waals surface area (Å²) in [6, 6.07) is 4.51. The topological polar surface area (TPSA) is 71.2 Å². The number of piperidine rings is 1. The van der Waals surface area contributed by atoms with Crippen LogP contribution in [0.2, 0.25) is 0 Å². The highest BCUT2D eigenvalue weighted by atomic mass is 16.1. The number of primary amides is 1. The quantitative estimate of drug-likeness (QED) is 0.854. The second kappa shape index (κ2) is 6.70. The maximum Gasteiger partial charge on any atom is 0.220 e. The number of rotatable bonds is 5. The molecule has 1 saturated heterocycles. The Morgan fingerprint density at radius 3 is 2.65 bits per heavy atom. The van der Waals surface area contributed by atoms with Crippen LogP contribution in [0.25, 0.3) is 0 Å². The molecule has 1 aromatic heterocycles. The Kier molecular flexibility index (Phi) is 4.95. The number of carbonyl (C=O) groups is 1.